The van der Waals surface area contributed by atoms with Crippen LogP contribution in [0, 0.1) is 13.8 Å². The molecule has 20 heavy (non-hydrogen) atoms. The smallest absolute Gasteiger partial charge is 0.124 e. The highest BCUT2D eigenvalue weighted by atomic mass is 35.5. The van der Waals surface area contributed by atoms with E-state index >= 15 is 0 Å². The number of nitrogens with two attached hydrogens (primary N) is 1. The van der Waals surface area contributed by atoms with Crippen LogP contribution < -0.4 is 16.0 Å². The zero-order valence-corrected chi connectivity index (χ0v) is 12.4. The summed E-state index contributed by atoms with van der Waals surface area (Å²) in [6.45, 7) is 3.78. The number of nitrogens with zero attached hydrogens (tertiary/aromatic N) is 2. The van der Waals surface area contributed by atoms with Crippen LogP contribution in [0.3, 0.4) is 0 Å². The molecule has 0 fully saturated rings. The van der Waals surface area contributed by atoms with Gasteiger partial charge in [0.25, 0.3) is 0 Å². The van der Waals surface area contributed by atoms with Gasteiger partial charge in [-0.1, -0.05) is 11.6 Å². The van der Waals surface area contributed by atoms with Crippen LogP contribution >= 0.6 is 11.6 Å². The third kappa shape index (κ3) is 2.90. The van der Waals surface area contributed by atoms with Crippen molar-refractivity contribution in [3.63, 3.8) is 0 Å². The summed E-state index contributed by atoms with van der Waals surface area (Å²) in [5.74, 6) is 6.45. The highest BCUT2D eigenvalue weighted by Crippen LogP contribution is 2.32. The van der Waals surface area contributed by atoms with Crippen molar-refractivity contribution in [2.75, 3.05) is 7.11 Å². The van der Waals surface area contributed by atoms with Crippen molar-refractivity contribution in [2.45, 2.75) is 19.9 Å². The Hall–Kier alpha value is -1.69. The Morgan fingerprint density at radius 3 is 2.60 bits per heavy atom. The van der Waals surface area contributed by atoms with Crippen LogP contribution in [0.25, 0.3) is 0 Å². The van der Waals surface area contributed by atoms with Gasteiger partial charge in [-0.2, -0.15) is 10.2 Å². The lowest BCUT2D eigenvalue weighted by Gasteiger charge is -2.21. The van der Waals surface area contributed by atoms with Crippen molar-refractivity contribution >= 4 is 11.6 Å². The molecule has 0 saturated carbocycles. The quantitative estimate of drug-likeness (QED) is 0.668. The van der Waals surface area contributed by atoms with Gasteiger partial charge in [0.1, 0.15) is 5.75 Å². The lowest BCUT2D eigenvalue weighted by Crippen LogP contribution is -2.30. The highest BCUT2D eigenvalue weighted by molar-refractivity contribution is 6.30. The highest BCUT2D eigenvalue weighted by Gasteiger charge is 2.20. The zero-order chi connectivity index (χ0) is 14.7. The Bertz CT molecular complexity index is 618. The minimum Gasteiger partial charge on any atom is -0.496 e. The SMILES string of the molecule is COc1ccc(Cl)cc1C(NN)c1cc(C)nnc1C. The predicted molar refractivity (Wildman–Crippen MR) is 78.7 cm³/mol. The standard InChI is InChI=1S/C14H17ClN4O/c1-8-6-11(9(2)19-18-8)14(17-16)12-7-10(15)4-5-13(12)20-3/h4-7,14,17H,16H2,1-3H3. The first kappa shape index (κ1) is 14.7. The van der Waals surface area contributed by atoms with Gasteiger partial charge >= 0.3 is 0 Å². The predicted octanol–water partition coefficient (Wildman–Crippen LogP) is 2.31. The van der Waals surface area contributed by atoms with Crippen LogP contribution in [-0.4, -0.2) is 17.3 Å². The van der Waals surface area contributed by atoms with Gasteiger partial charge < -0.3 is 4.74 Å². The van der Waals surface area contributed by atoms with E-state index in [1.54, 1.807) is 13.2 Å². The minimum absolute atomic E-state index is 0.266. The number of halogens is 1. The second-order valence-corrected chi connectivity index (χ2v) is 4.95. The van der Waals surface area contributed by atoms with Crippen LogP contribution in [-0.2, 0) is 0 Å². The first-order chi connectivity index (χ1) is 9.56. The summed E-state index contributed by atoms with van der Waals surface area (Å²) in [4.78, 5) is 0. The van der Waals surface area contributed by atoms with Gasteiger partial charge in [-0.15, -0.1) is 0 Å². The fraction of sp³-hybridized carbons (Fsp3) is 0.286. The molecule has 1 aromatic heterocycles. The third-order valence-electron chi connectivity index (χ3n) is 3.12. The maximum absolute atomic E-state index is 6.08. The normalized spacial score (nSPS) is 12.2. The lowest BCUT2D eigenvalue weighted by atomic mass is 9.97. The molecular formula is C14H17ClN4O. The minimum atomic E-state index is -0.266. The van der Waals surface area contributed by atoms with E-state index in [0.29, 0.717) is 10.8 Å². The van der Waals surface area contributed by atoms with Crippen molar-refractivity contribution in [2.24, 2.45) is 5.84 Å². The third-order valence-corrected chi connectivity index (χ3v) is 3.36. The Balaban J connectivity index is 2.57. The molecule has 0 radical (unpaired) electrons. The maximum atomic E-state index is 6.08. The van der Waals surface area contributed by atoms with Crippen molar-refractivity contribution in [1.82, 2.24) is 15.6 Å². The Labute approximate surface area is 123 Å². The lowest BCUT2D eigenvalue weighted by molar-refractivity contribution is 0.404. The fourth-order valence-electron chi connectivity index (χ4n) is 2.14. The van der Waals surface area contributed by atoms with Gasteiger partial charge in [0.05, 0.1) is 24.5 Å². The molecule has 0 saturated heterocycles. The summed E-state index contributed by atoms with van der Waals surface area (Å²) < 4.78 is 5.38. The van der Waals surface area contributed by atoms with Crippen LogP contribution in [0.1, 0.15) is 28.6 Å². The Morgan fingerprint density at radius 1 is 1.20 bits per heavy atom. The number of benzene rings is 1. The molecule has 5 nitrogen and oxygen atoms in total. The van der Waals surface area contributed by atoms with Gasteiger partial charge in [0.2, 0.25) is 0 Å². The number of aromatic nitrogens is 2. The molecule has 3 N–H and O–H groups in total. The van der Waals surface area contributed by atoms with Gasteiger partial charge in [0, 0.05) is 10.6 Å². The zero-order valence-electron chi connectivity index (χ0n) is 11.6. The van der Waals surface area contributed by atoms with Gasteiger partial charge in [0.15, 0.2) is 0 Å². The number of nitrogens with one attached hydrogen (secondary N) is 1. The second-order valence-electron chi connectivity index (χ2n) is 4.51. The van der Waals surface area contributed by atoms with Crippen molar-refractivity contribution in [3.05, 3.63) is 51.8 Å². The largest absolute Gasteiger partial charge is 0.496 e. The number of hydrogen-bond acceptors (Lipinski definition) is 5. The molecule has 6 heteroatoms. The second kappa shape index (κ2) is 6.17. The number of ether oxygens (including phenoxy) is 1. The van der Waals surface area contributed by atoms with Crippen molar-refractivity contribution in [1.29, 1.82) is 0 Å². The summed E-state index contributed by atoms with van der Waals surface area (Å²) in [7, 11) is 1.61. The van der Waals surface area contributed by atoms with Crippen molar-refractivity contribution in [3.8, 4) is 5.75 Å². The molecule has 1 heterocycles. The average Bonchev–Trinajstić information content (AvgIpc) is 2.44. The van der Waals surface area contributed by atoms with E-state index < -0.39 is 0 Å². The topological polar surface area (TPSA) is 73.1 Å². The number of aryl methyl sites for hydroxylation is 2. The van der Waals surface area contributed by atoms with Crippen molar-refractivity contribution < 1.29 is 4.74 Å². The molecule has 0 amide bonds. The molecule has 1 aromatic carbocycles. The molecule has 0 spiro atoms. The number of hydrogen-bond donors (Lipinski definition) is 2. The Kier molecular flexibility index (Phi) is 4.54. The molecule has 106 valence electrons. The van der Waals surface area contributed by atoms with E-state index in [-0.39, 0.29) is 6.04 Å². The summed E-state index contributed by atoms with van der Waals surface area (Å²) >= 11 is 6.08. The van der Waals surface area contributed by atoms with Crippen LogP contribution in [0.5, 0.6) is 5.75 Å². The average molecular weight is 293 g/mol. The van der Waals surface area contributed by atoms with E-state index in [4.69, 9.17) is 22.2 Å². The molecule has 1 atom stereocenters. The summed E-state index contributed by atoms with van der Waals surface area (Å²) in [6, 6.07) is 7.12. The molecule has 2 aromatic rings. The number of hydrazine groups is 1. The van der Waals surface area contributed by atoms with E-state index in [0.717, 1.165) is 22.5 Å². The van der Waals surface area contributed by atoms with Crippen LogP contribution in [0.4, 0.5) is 0 Å². The van der Waals surface area contributed by atoms with Gasteiger partial charge in [-0.05, 0) is 43.7 Å². The molecule has 0 bridgehead atoms. The monoisotopic (exact) mass is 292 g/mol. The summed E-state index contributed by atoms with van der Waals surface area (Å²) in [6.07, 6.45) is 0. The first-order valence-electron chi connectivity index (χ1n) is 6.17. The summed E-state index contributed by atoms with van der Waals surface area (Å²) in [5, 5.41) is 8.79. The maximum Gasteiger partial charge on any atom is 0.124 e. The molecule has 2 rings (SSSR count). The molecule has 0 aliphatic heterocycles. The van der Waals surface area contributed by atoms with E-state index in [1.165, 1.54) is 0 Å². The first-order valence-corrected chi connectivity index (χ1v) is 6.55. The van der Waals surface area contributed by atoms with Gasteiger partial charge in [-0.3, -0.25) is 5.84 Å². The van der Waals surface area contributed by atoms with Crippen LogP contribution in [0.2, 0.25) is 5.02 Å². The molecule has 0 aliphatic carbocycles. The summed E-state index contributed by atoms with van der Waals surface area (Å²) in [5.41, 5.74) is 6.23. The number of methoxy groups -OCH3 is 1. The molecule has 0 aliphatic rings. The van der Waals surface area contributed by atoms with Crippen LogP contribution in [0.15, 0.2) is 24.3 Å². The molecule has 1 unspecified atom stereocenters. The van der Waals surface area contributed by atoms with E-state index in [1.807, 2.05) is 32.0 Å². The molecular weight excluding hydrogens is 276 g/mol. The van der Waals surface area contributed by atoms with E-state index in [2.05, 4.69) is 15.6 Å². The fourth-order valence-corrected chi connectivity index (χ4v) is 2.32. The number of rotatable bonds is 4. The Morgan fingerprint density at radius 2 is 1.95 bits per heavy atom. The van der Waals surface area contributed by atoms with E-state index in [9.17, 15) is 0 Å². The van der Waals surface area contributed by atoms with Gasteiger partial charge in [-0.25, -0.2) is 5.43 Å².